The molecule has 0 aliphatic heterocycles. The van der Waals surface area contributed by atoms with Gasteiger partial charge in [-0.15, -0.1) is 0 Å². The summed E-state index contributed by atoms with van der Waals surface area (Å²) in [5, 5.41) is 0. The third-order valence-electron chi connectivity index (χ3n) is 2.39. The quantitative estimate of drug-likeness (QED) is 0.807. The number of aryl methyl sites for hydroxylation is 1. The Morgan fingerprint density at radius 2 is 2.07 bits per heavy atom. The van der Waals surface area contributed by atoms with Crippen molar-refractivity contribution in [2.45, 2.75) is 6.42 Å². The molecule has 2 rings (SSSR count). The Balaban J connectivity index is 2.44. The van der Waals surface area contributed by atoms with Crippen molar-refractivity contribution >= 4 is 0 Å². The van der Waals surface area contributed by atoms with Crippen LogP contribution in [0.3, 0.4) is 0 Å². The fraction of sp³-hybridized carbons (Fsp3) is 0.273. The predicted molar refractivity (Wildman–Crippen MR) is 59.2 cm³/mol. The monoisotopic (exact) mass is 202 g/mol. The van der Waals surface area contributed by atoms with Crippen molar-refractivity contribution in [2.75, 3.05) is 6.54 Å². The van der Waals surface area contributed by atoms with E-state index in [9.17, 15) is 0 Å². The summed E-state index contributed by atoms with van der Waals surface area (Å²) in [6.07, 6.45) is 6.21. The van der Waals surface area contributed by atoms with Gasteiger partial charge in [0.15, 0.2) is 0 Å². The molecule has 78 valence electrons. The first-order chi connectivity index (χ1) is 7.33. The van der Waals surface area contributed by atoms with Gasteiger partial charge in [0, 0.05) is 37.1 Å². The zero-order valence-electron chi connectivity index (χ0n) is 8.72. The maximum atomic E-state index is 5.58. The molecule has 0 radical (unpaired) electrons. The Morgan fingerprint density at radius 3 is 2.73 bits per heavy atom. The minimum atomic E-state index is 0.637. The topological polar surface area (TPSA) is 56.7 Å². The molecular weight excluding hydrogens is 188 g/mol. The molecule has 0 aromatic carbocycles. The second-order valence-corrected chi connectivity index (χ2v) is 3.43. The van der Waals surface area contributed by atoms with Crippen LogP contribution < -0.4 is 5.73 Å². The Bertz CT molecular complexity index is 433. The molecule has 15 heavy (non-hydrogen) atoms. The van der Waals surface area contributed by atoms with Crippen molar-refractivity contribution in [2.24, 2.45) is 12.8 Å². The molecule has 0 spiro atoms. The van der Waals surface area contributed by atoms with Crippen molar-refractivity contribution in [3.63, 3.8) is 0 Å². The maximum Gasteiger partial charge on any atom is 0.0953 e. The molecule has 2 aromatic heterocycles. The summed E-state index contributed by atoms with van der Waals surface area (Å²) in [5.41, 5.74) is 8.85. The Morgan fingerprint density at radius 1 is 1.33 bits per heavy atom. The SMILES string of the molecule is Cn1cnc(-c2ccncc2)c1CCN. The Labute approximate surface area is 88.8 Å². The van der Waals surface area contributed by atoms with E-state index in [0.29, 0.717) is 6.54 Å². The average molecular weight is 202 g/mol. The van der Waals surface area contributed by atoms with E-state index in [2.05, 4.69) is 9.97 Å². The van der Waals surface area contributed by atoms with E-state index in [1.165, 1.54) is 5.69 Å². The van der Waals surface area contributed by atoms with Crippen LogP contribution in [0.25, 0.3) is 11.3 Å². The molecule has 0 aliphatic carbocycles. The van der Waals surface area contributed by atoms with Gasteiger partial charge in [0.2, 0.25) is 0 Å². The van der Waals surface area contributed by atoms with Crippen molar-refractivity contribution < 1.29 is 0 Å². The van der Waals surface area contributed by atoms with Crippen molar-refractivity contribution in [1.82, 2.24) is 14.5 Å². The lowest BCUT2D eigenvalue weighted by molar-refractivity contribution is 0.805. The standard InChI is InChI=1S/C11H14N4/c1-15-8-14-11(10(15)2-5-12)9-3-6-13-7-4-9/h3-4,6-8H,2,5,12H2,1H3. The summed E-state index contributed by atoms with van der Waals surface area (Å²) in [7, 11) is 1.99. The van der Waals surface area contributed by atoms with E-state index in [-0.39, 0.29) is 0 Å². The highest BCUT2D eigenvalue weighted by atomic mass is 15.0. The van der Waals surface area contributed by atoms with Crippen molar-refractivity contribution in [1.29, 1.82) is 0 Å². The molecule has 0 atom stereocenters. The van der Waals surface area contributed by atoms with Gasteiger partial charge in [0.05, 0.1) is 12.0 Å². The molecule has 4 heteroatoms. The molecule has 2 heterocycles. The van der Waals surface area contributed by atoms with E-state index in [1.54, 1.807) is 12.4 Å². The lowest BCUT2D eigenvalue weighted by atomic mass is 10.1. The lowest BCUT2D eigenvalue weighted by Gasteiger charge is -2.04. The van der Waals surface area contributed by atoms with Gasteiger partial charge in [-0.25, -0.2) is 4.98 Å². The molecule has 4 nitrogen and oxygen atoms in total. The largest absolute Gasteiger partial charge is 0.337 e. The molecular formula is C11H14N4. The van der Waals surface area contributed by atoms with Crippen LogP contribution in [0, 0.1) is 0 Å². The van der Waals surface area contributed by atoms with Gasteiger partial charge in [0.25, 0.3) is 0 Å². The van der Waals surface area contributed by atoms with Crippen LogP contribution in [0.15, 0.2) is 30.9 Å². The minimum Gasteiger partial charge on any atom is -0.337 e. The third-order valence-corrected chi connectivity index (χ3v) is 2.39. The lowest BCUT2D eigenvalue weighted by Crippen LogP contribution is -2.07. The van der Waals surface area contributed by atoms with Crippen LogP contribution >= 0.6 is 0 Å². The summed E-state index contributed by atoms with van der Waals surface area (Å²) in [5.74, 6) is 0. The molecule has 0 bridgehead atoms. The summed E-state index contributed by atoms with van der Waals surface area (Å²) in [6, 6.07) is 3.92. The molecule has 2 aromatic rings. The number of hydrogen-bond donors (Lipinski definition) is 1. The molecule has 0 amide bonds. The molecule has 0 fully saturated rings. The smallest absolute Gasteiger partial charge is 0.0953 e. The zero-order valence-corrected chi connectivity index (χ0v) is 8.72. The molecule has 0 unspecified atom stereocenters. The van der Waals surface area contributed by atoms with E-state index >= 15 is 0 Å². The van der Waals surface area contributed by atoms with E-state index in [4.69, 9.17) is 5.73 Å². The van der Waals surface area contributed by atoms with Crippen molar-refractivity contribution in [3.05, 3.63) is 36.5 Å². The van der Waals surface area contributed by atoms with Gasteiger partial charge in [-0.3, -0.25) is 4.98 Å². The normalized spacial score (nSPS) is 10.5. The second-order valence-electron chi connectivity index (χ2n) is 3.43. The number of nitrogens with two attached hydrogens (primary N) is 1. The maximum absolute atomic E-state index is 5.58. The molecule has 2 N–H and O–H groups in total. The van der Waals surface area contributed by atoms with E-state index < -0.39 is 0 Å². The van der Waals surface area contributed by atoms with Crippen LogP contribution in [0.2, 0.25) is 0 Å². The summed E-state index contributed by atoms with van der Waals surface area (Å²) < 4.78 is 2.02. The Kier molecular flexibility index (Phi) is 2.78. The molecule has 0 saturated heterocycles. The third kappa shape index (κ3) is 1.89. The van der Waals surface area contributed by atoms with E-state index in [0.717, 1.165) is 17.7 Å². The van der Waals surface area contributed by atoms with Crippen molar-refractivity contribution in [3.8, 4) is 11.3 Å². The number of imidazole rings is 1. The molecule has 0 aliphatic rings. The number of pyridine rings is 1. The van der Waals surface area contributed by atoms with Crippen LogP contribution in [0.4, 0.5) is 0 Å². The van der Waals surface area contributed by atoms with Crippen LogP contribution in [-0.2, 0) is 13.5 Å². The van der Waals surface area contributed by atoms with Gasteiger partial charge >= 0.3 is 0 Å². The number of hydrogen-bond acceptors (Lipinski definition) is 3. The fourth-order valence-corrected chi connectivity index (χ4v) is 1.64. The highest BCUT2D eigenvalue weighted by Gasteiger charge is 2.09. The Hall–Kier alpha value is -1.68. The zero-order chi connectivity index (χ0) is 10.7. The van der Waals surface area contributed by atoms with Crippen LogP contribution in [-0.4, -0.2) is 21.1 Å². The summed E-state index contributed by atoms with van der Waals surface area (Å²) >= 11 is 0. The van der Waals surface area contributed by atoms with Gasteiger partial charge in [0.1, 0.15) is 0 Å². The van der Waals surface area contributed by atoms with Crippen LogP contribution in [0.5, 0.6) is 0 Å². The number of nitrogens with zero attached hydrogens (tertiary/aromatic N) is 3. The first-order valence-corrected chi connectivity index (χ1v) is 4.93. The summed E-state index contributed by atoms with van der Waals surface area (Å²) in [4.78, 5) is 8.38. The van der Waals surface area contributed by atoms with Gasteiger partial charge in [-0.2, -0.15) is 0 Å². The number of aromatic nitrogens is 3. The second kappa shape index (κ2) is 4.23. The van der Waals surface area contributed by atoms with E-state index in [1.807, 2.05) is 30.1 Å². The summed E-state index contributed by atoms with van der Waals surface area (Å²) in [6.45, 7) is 0.637. The van der Waals surface area contributed by atoms with Gasteiger partial charge < -0.3 is 10.3 Å². The highest BCUT2D eigenvalue weighted by molar-refractivity contribution is 5.61. The molecule has 0 saturated carbocycles. The first-order valence-electron chi connectivity index (χ1n) is 4.93. The fourth-order valence-electron chi connectivity index (χ4n) is 1.64. The average Bonchev–Trinajstić information content (AvgIpc) is 2.63. The van der Waals surface area contributed by atoms with Gasteiger partial charge in [-0.1, -0.05) is 0 Å². The minimum absolute atomic E-state index is 0.637. The predicted octanol–water partition coefficient (Wildman–Crippen LogP) is 0.983. The van der Waals surface area contributed by atoms with Crippen LogP contribution in [0.1, 0.15) is 5.69 Å². The van der Waals surface area contributed by atoms with Gasteiger partial charge in [-0.05, 0) is 18.7 Å². The highest BCUT2D eigenvalue weighted by Crippen LogP contribution is 2.20. The number of rotatable bonds is 3. The first kappa shape index (κ1) is 9.86.